The maximum Gasteiger partial charge on any atom is 0.293 e. The van der Waals surface area contributed by atoms with Crippen LogP contribution in [0.5, 0.6) is 11.5 Å². The van der Waals surface area contributed by atoms with Crippen molar-refractivity contribution in [2.75, 3.05) is 7.11 Å². The fourth-order valence-corrected chi connectivity index (χ4v) is 4.83. The van der Waals surface area contributed by atoms with Gasteiger partial charge in [0.05, 0.1) is 34.7 Å². The number of ether oxygens (including phenoxy) is 2. The van der Waals surface area contributed by atoms with Crippen molar-refractivity contribution < 1.29 is 19.1 Å². The monoisotopic (exact) mass is 534 g/mol. The third-order valence-electron chi connectivity index (χ3n) is 5.12. The molecule has 1 aliphatic heterocycles. The average Bonchev–Trinajstić information content (AvgIpc) is 3.11. The number of carbonyl (C=O) groups excluding carboxylic acids is 2. The summed E-state index contributed by atoms with van der Waals surface area (Å²) in [5.74, 6) is 0.644. The van der Waals surface area contributed by atoms with Gasteiger partial charge in [-0.25, -0.2) is 0 Å². The maximum atomic E-state index is 13.0. The standard InChI is InChI=1S/C26H19BrN2O4S/c1-32-22-12-18(11-21(27)24(22)33-16-17-7-3-2-4-8-17)13-23-25(30)29(26(31)34-23)15-20-10-6-5-9-19(20)14-28/h2-13H,15-16H2,1H3/b23-13+. The predicted molar refractivity (Wildman–Crippen MR) is 134 cm³/mol. The van der Waals surface area contributed by atoms with Crippen LogP contribution in [0, 0.1) is 11.3 Å². The highest BCUT2D eigenvalue weighted by atomic mass is 79.9. The van der Waals surface area contributed by atoms with Gasteiger partial charge in [0.2, 0.25) is 0 Å². The van der Waals surface area contributed by atoms with E-state index in [2.05, 4.69) is 22.0 Å². The molecule has 1 saturated heterocycles. The molecule has 170 valence electrons. The van der Waals surface area contributed by atoms with Crippen molar-refractivity contribution in [2.24, 2.45) is 0 Å². The summed E-state index contributed by atoms with van der Waals surface area (Å²) in [7, 11) is 1.54. The Bertz CT molecular complexity index is 1320. The lowest BCUT2D eigenvalue weighted by Crippen LogP contribution is -2.27. The Morgan fingerprint density at radius 3 is 2.56 bits per heavy atom. The van der Waals surface area contributed by atoms with Gasteiger partial charge in [-0.15, -0.1) is 0 Å². The van der Waals surface area contributed by atoms with Crippen LogP contribution < -0.4 is 9.47 Å². The average molecular weight is 535 g/mol. The van der Waals surface area contributed by atoms with E-state index in [1.54, 1.807) is 43.5 Å². The van der Waals surface area contributed by atoms with Crippen LogP contribution in [0.25, 0.3) is 6.08 Å². The Labute approximate surface area is 209 Å². The molecule has 0 radical (unpaired) electrons. The second-order valence-corrected chi connectivity index (χ2v) is 9.19. The molecule has 3 aromatic carbocycles. The molecule has 34 heavy (non-hydrogen) atoms. The molecule has 6 nitrogen and oxygen atoms in total. The van der Waals surface area contributed by atoms with Crippen molar-refractivity contribution in [3.63, 3.8) is 0 Å². The highest BCUT2D eigenvalue weighted by Crippen LogP contribution is 2.39. The molecule has 1 heterocycles. The van der Waals surface area contributed by atoms with Gasteiger partial charge >= 0.3 is 0 Å². The Balaban J connectivity index is 1.55. The molecule has 3 aromatic rings. The van der Waals surface area contributed by atoms with Crippen LogP contribution in [0.15, 0.2) is 76.1 Å². The zero-order valence-corrected chi connectivity index (χ0v) is 20.6. The molecule has 1 fully saturated rings. The van der Waals surface area contributed by atoms with E-state index in [4.69, 9.17) is 9.47 Å². The van der Waals surface area contributed by atoms with Gasteiger partial charge in [0.25, 0.3) is 11.1 Å². The number of halogens is 1. The first-order valence-corrected chi connectivity index (χ1v) is 11.9. The minimum Gasteiger partial charge on any atom is -0.493 e. The van der Waals surface area contributed by atoms with Crippen molar-refractivity contribution in [1.29, 1.82) is 5.26 Å². The van der Waals surface area contributed by atoms with Crippen molar-refractivity contribution >= 4 is 44.9 Å². The summed E-state index contributed by atoms with van der Waals surface area (Å²) in [6.07, 6.45) is 1.65. The smallest absolute Gasteiger partial charge is 0.293 e. The van der Waals surface area contributed by atoms with E-state index in [9.17, 15) is 14.9 Å². The number of methoxy groups -OCH3 is 1. The molecule has 0 atom stereocenters. The van der Waals surface area contributed by atoms with Gasteiger partial charge in [-0.05, 0) is 68.7 Å². The molecule has 0 saturated carbocycles. The minimum atomic E-state index is -0.401. The van der Waals surface area contributed by atoms with Crippen molar-refractivity contribution in [1.82, 2.24) is 4.90 Å². The molecule has 4 rings (SSSR count). The Morgan fingerprint density at radius 2 is 1.82 bits per heavy atom. The Hall–Kier alpha value is -3.54. The number of hydrogen-bond acceptors (Lipinski definition) is 6. The number of benzene rings is 3. The molecule has 0 N–H and O–H groups in total. The van der Waals surface area contributed by atoms with Gasteiger partial charge in [-0.1, -0.05) is 48.5 Å². The summed E-state index contributed by atoms with van der Waals surface area (Å²) in [4.78, 5) is 26.9. The molecule has 0 unspecified atom stereocenters. The second-order valence-electron chi connectivity index (χ2n) is 7.35. The normalized spacial score (nSPS) is 14.4. The Morgan fingerprint density at radius 1 is 1.09 bits per heavy atom. The minimum absolute atomic E-state index is 0.0466. The van der Waals surface area contributed by atoms with Gasteiger partial charge in [-0.2, -0.15) is 5.26 Å². The molecule has 0 aliphatic carbocycles. The van der Waals surface area contributed by atoms with Crippen LogP contribution in [0.2, 0.25) is 0 Å². The summed E-state index contributed by atoms with van der Waals surface area (Å²) in [5, 5.41) is 8.91. The molecule has 1 aliphatic rings. The summed E-state index contributed by atoms with van der Waals surface area (Å²) in [6.45, 7) is 0.420. The highest BCUT2D eigenvalue weighted by molar-refractivity contribution is 9.10. The van der Waals surface area contributed by atoms with Gasteiger partial charge < -0.3 is 9.47 Å². The first-order chi connectivity index (χ1) is 16.5. The second kappa shape index (κ2) is 10.6. The number of thioether (sulfide) groups is 1. The van der Waals surface area contributed by atoms with Crippen molar-refractivity contribution in [3.8, 4) is 17.6 Å². The van der Waals surface area contributed by atoms with E-state index >= 15 is 0 Å². The molecule has 0 aromatic heterocycles. The van der Waals surface area contributed by atoms with Crippen molar-refractivity contribution in [3.05, 3.63) is 98.4 Å². The SMILES string of the molecule is COc1cc(/C=C2/SC(=O)N(Cc3ccccc3C#N)C2=O)cc(Br)c1OCc1ccccc1. The number of amides is 2. The third kappa shape index (κ3) is 5.16. The van der Waals surface area contributed by atoms with E-state index in [1.807, 2.05) is 36.4 Å². The highest BCUT2D eigenvalue weighted by Gasteiger charge is 2.35. The zero-order valence-electron chi connectivity index (χ0n) is 18.2. The Kier molecular flexibility index (Phi) is 7.36. The number of nitriles is 1. The van der Waals surface area contributed by atoms with Gasteiger partial charge in [0.15, 0.2) is 11.5 Å². The number of nitrogens with zero attached hydrogens (tertiary/aromatic N) is 2. The van der Waals surface area contributed by atoms with Crippen LogP contribution in [0.4, 0.5) is 4.79 Å². The molecule has 0 bridgehead atoms. The molecular formula is C26H19BrN2O4S. The molecule has 8 heteroatoms. The number of imide groups is 1. The number of carbonyl (C=O) groups is 2. The molecular weight excluding hydrogens is 516 g/mol. The van der Waals surface area contributed by atoms with Crippen LogP contribution in [0.1, 0.15) is 22.3 Å². The van der Waals surface area contributed by atoms with Gasteiger partial charge in [0.1, 0.15) is 6.61 Å². The largest absolute Gasteiger partial charge is 0.493 e. The van der Waals surface area contributed by atoms with Crippen LogP contribution in [-0.2, 0) is 17.9 Å². The summed E-state index contributed by atoms with van der Waals surface area (Å²) < 4.78 is 12.1. The fourth-order valence-electron chi connectivity index (χ4n) is 3.42. The van der Waals surface area contributed by atoms with Gasteiger partial charge in [-0.3, -0.25) is 14.5 Å². The van der Waals surface area contributed by atoms with E-state index in [0.29, 0.717) is 44.2 Å². The van der Waals surface area contributed by atoms with Gasteiger partial charge in [0, 0.05) is 0 Å². The first-order valence-electron chi connectivity index (χ1n) is 10.3. The third-order valence-corrected chi connectivity index (χ3v) is 6.61. The lowest BCUT2D eigenvalue weighted by Gasteiger charge is -2.14. The number of hydrogen-bond donors (Lipinski definition) is 0. The quantitative estimate of drug-likeness (QED) is 0.338. The predicted octanol–water partition coefficient (Wildman–Crippen LogP) is 6.14. The van der Waals surface area contributed by atoms with Crippen LogP contribution in [-0.4, -0.2) is 23.2 Å². The maximum absolute atomic E-state index is 13.0. The van der Waals surface area contributed by atoms with E-state index < -0.39 is 5.91 Å². The van der Waals surface area contributed by atoms with Crippen molar-refractivity contribution in [2.45, 2.75) is 13.2 Å². The summed E-state index contributed by atoms with van der Waals surface area (Å²) >= 11 is 4.40. The summed E-state index contributed by atoms with van der Waals surface area (Å²) in [5.41, 5.74) is 2.76. The van der Waals surface area contributed by atoms with E-state index in [-0.39, 0.29) is 11.8 Å². The van der Waals surface area contributed by atoms with E-state index in [0.717, 1.165) is 22.2 Å². The van der Waals surface area contributed by atoms with E-state index in [1.165, 1.54) is 0 Å². The zero-order chi connectivity index (χ0) is 24.1. The van der Waals surface area contributed by atoms with Crippen LogP contribution in [0.3, 0.4) is 0 Å². The molecule has 0 spiro atoms. The lowest BCUT2D eigenvalue weighted by atomic mass is 10.1. The first kappa shape index (κ1) is 23.6. The topological polar surface area (TPSA) is 79.6 Å². The summed E-state index contributed by atoms with van der Waals surface area (Å²) in [6, 6.07) is 22.3. The van der Waals surface area contributed by atoms with Crippen LogP contribution >= 0.6 is 27.7 Å². The fraction of sp³-hybridized carbons (Fsp3) is 0.115. The number of rotatable bonds is 7. The molecule has 2 amide bonds. The lowest BCUT2D eigenvalue weighted by molar-refractivity contribution is -0.123.